The summed E-state index contributed by atoms with van der Waals surface area (Å²) in [5.41, 5.74) is 6.86. The van der Waals surface area contributed by atoms with Crippen molar-refractivity contribution in [3.63, 3.8) is 0 Å². The Hall–Kier alpha value is -1.55. The lowest BCUT2D eigenvalue weighted by molar-refractivity contribution is -0.128. The van der Waals surface area contributed by atoms with Gasteiger partial charge in [-0.05, 0) is 36.6 Å². The lowest BCUT2D eigenvalue weighted by Gasteiger charge is -2.16. The number of nitrogens with zero attached hydrogens (tertiary/aromatic N) is 1. The molecule has 2 N–H and O–H groups in total. The van der Waals surface area contributed by atoms with E-state index in [1.165, 1.54) is 5.56 Å². The summed E-state index contributed by atoms with van der Waals surface area (Å²) in [6.45, 7) is 4.66. The van der Waals surface area contributed by atoms with Gasteiger partial charge in [-0.1, -0.05) is 19.1 Å². The van der Waals surface area contributed by atoms with E-state index >= 15 is 0 Å². The number of hydrogen-bond donors (Lipinski definition) is 1. The Balaban J connectivity index is 1.78. The molecule has 1 heterocycles. The summed E-state index contributed by atoms with van der Waals surface area (Å²) >= 11 is 0. The number of carbonyl (C=O) groups excluding carboxylic acids is 1. The molecule has 1 aromatic carbocycles. The van der Waals surface area contributed by atoms with Crippen molar-refractivity contribution >= 4 is 5.91 Å². The van der Waals surface area contributed by atoms with Crippen LogP contribution in [0, 0.1) is 5.92 Å². The summed E-state index contributed by atoms with van der Waals surface area (Å²) < 4.78 is 5.70. The van der Waals surface area contributed by atoms with Gasteiger partial charge < -0.3 is 15.4 Å². The van der Waals surface area contributed by atoms with Gasteiger partial charge in [0.05, 0.1) is 6.54 Å². The molecule has 1 aliphatic rings. The van der Waals surface area contributed by atoms with Crippen LogP contribution in [0.2, 0.25) is 0 Å². The number of rotatable bonds is 6. The van der Waals surface area contributed by atoms with Gasteiger partial charge in [-0.2, -0.15) is 0 Å². The Morgan fingerprint density at radius 3 is 3.00 bits per heavy atom. The van der Waals surface area contributed by atoms with Crippen LogP contribution >= 0.6 is 0 Å². The van der Waals surface area contributed by atoms with Crippen LogP contribution in [0.15, 0.2) is 24.3 Å². The van der Waals surface area contributed by atoms with Crippen molar-refractivity contribution < 1.29 is 9.53 Å². The fourth-order valence-corrected chi connectivity index (χ4v) is 2.36. The van der Waals surface area contributed by atoms with Gasteiger partial charge in [0.15, 0.2) is 0 Å². The smallest absolute Gasteiger partial charge is 0.223 e. The average molecular weight is 262 g/mol. The van der Waals surface area contributed by atoms with Crippen molar-refractivity contribution in [3.05, 3.63) is 29.8 Å². The zero-order valence-electron chi connectivity index (χ0n) is 11.5. The molecule has 0 aliphatic carbocycles. The minimum atomic E-state index is 0.196. The maximum atomic E-state index is 11.7. The van der Waals surface area contributed by atoms with Gasteiger partial charge >= 0.3 is 0 Å². The van der Waals surface area contributed by atoms with Gasteiger partial charge in [0.2, 0.25) is 5.91 Å². The summed E-state index contributed by atoms with van der Waals surface area (Å²) in [6, 6.07) is 8.09. The lowest BCUT2D eigenvalue weighted by atomic mass is 10.1. The predicted molar refractivity (Wildman–Crippen MR) is 75.1 cm³/mol. The monoisotopic (exact) mass is 262 g/mol. The van der Waals surface area contributed by atoms with E-state index in [0.717, 1.165) is 18.7 Å². The Labute approximate surface area is 114 Å². The molecule has 0 bridgehead atoms. The van der Waals surface area contributed by atoms with Crippen molar-refractivity contribution in [2.75, 3.05) is 26.2 Å². The predicted octanol–water partition coefficient (Wildman–Crippen LogP) is 1.43. The Kier molecular flexibility index (Phi) is 4.80. The first-order valence-electron chi connectivity index (χ1n) is 6.92. The largest absolute Gasteiger partial charge is 0.492 e. The van der Waals surface area contributed by atoms with Crippen molar-refractivity contribution in [3.8, 4) is 5.75 Å². The van der Waals surface area contributed by atoms with Crippen molar-refractivity contribution in [2.45, 2.75) is 19.8 Å². The minimum absolute atomic E-state index is 0.196. The second kappa shape index (κ2) is 6.57. The number of hydrogen-bond acceptors (Lipinski definition) is 3. The van der Waals surface area contributed by atoms with Crippen LogP contribution in [0.4, 0.5) is 0 Å². The summed E-state index contributed by atoms with van der Waals surface area (Å²) in [7, 11) is 0. The fourth-order valence-electron chi connectivity index (χ4n) is 2.36. The zero-order chi connectivity index (χ0) is 13.7. The summed E-state index contributed by atoms with van der Waals surface area (Å²) in [6.07, 6.45) is 1.59. The SMILES string of the molecule is CCc1cccc(OCCN2CC(CN)CC2=O)c1. The highest BCUT2D eigenvalue weighted by Crippen LogP contribution is 2.17. The molecule has 1 aromatic rings. The standard InChI is InChI=1S/C15H22N2O2/c1-2-12-4-3-5-14(8-12)19-7-6-17-11-13(10-16)9-15(17)18/h3-5,8,13H,2,6-7,9-11,16H2,1H3. The molecule has 0 spiro atoms. The zero-order valence-corrected chi connectivity index (χ0v) is 11.5. The Morgan fingerprint density at radius 2 is 2.32 bits per heavy atom. The molecule has 0 aromatic heterocycles. The number of benzene rings is 1. The summed E-state index contributed by atoms with van der Waals surface area (Å²) in [5.74, 6) is 1.39. The molecule has 1 amide bonds. The van der Waals surface area contributed by atoms with Gasteiger partial charge in [0.1, 0.15) is 12.4 Å². The fraction of sp³-hybridized carbons (Fsp3) is 0.533. The number of carbonyl (C=O) groups is 1. The van der Waals surface area contributed by atoms with E-state index < -0.39 is 0 Å². The Morgan fingerprint density at radius 1 is 1.47 bits per heavy atom. The van der Waals surface area contributed by atoms with Crippen molar-refractivity contribution in [1.29, 1.82) is 0 Å². The molecular formula is C15H22N2O2. The maximum Gasteiger partial charge on any atom is 0.223 e. The molecule has 2 rings (SSSR count). The number of amides is 1. The number of nitrogens with two attached hydrogens (primary N) is 1. The molecule has 1 aliphatic heterocycles. The van der Waals surface area contributed by atoms with Gasteiger partial charge in [0, 0.05) is 13.0 Å². The quantitative estimate of drug-likeness (QED) is 0.844. The molecular weight excluding hydrogens is 240 g/mol. The van der Waals surface area contributed by atoms with Gasteiger partial charge in [-0.25, -0.2) is 0 Å². The highest BCUT2D eigenvalue weighted by Gasteiger charge is 2.27. The first-order chi connectivity index (χ1) is 9.22. The van der Waals surface area contributed by atoms with Crippen molar-refractivity contribution in [2.24, 2.45) is 11.7 Å². The molecule has 104 valence electrons. The van der Waals surface area contributed by atoms with Crippen LogP contribution in [0.5, 0.6) is 5.75 Å². The van der Waals surface area contributed by atoms with Crippen LogP contribution in [0.3, 0.4) is 0 Å². The third-order valence-corrected chi connectivity index (χ3v) is 3.56. The summed E-state index contributed by atoms with van der Waals surface area (Å²) in [5, 5.41) is 0. The van der Waals surface area contributed by atoms with E-state index in [9.17, 15) is 4.79 Å². The van der Waals surface area contributed by atoms with Crippen LogP contribution in [0.1, 0.15) is 18.9 Å². The van der Waals surface area contributed by atoms with Crippen LogP contribution in [-0.4, -0.2) is 37.0 Å². The highest BCUT2D eigenvalue weighted by molar-refractivity contribution is 5.78. The topological polar surface area (TPSA) is 55.6 Å². The van der Waals surface area contributed by atoms with Gasteiger partial charge in [0.25, 0.3) is 0 Å². The first-order valence-corrected chi connectivity index (χ1v) is 6.92. The molecule has 1 unspecified atom stereocenters. The van der Waals surface area contributed by atoms with E-state index in [-0.39, 0.29) is 5.91 Å². The third-order valence-electron chi connectivity index (χ3n) is 3.56. The molecule has 1 fully saturated rings. The van der Waals surface area contributed by atoms with Gasteiger partial charge in [-0.3, -0.25) is 4.79 Å². The molecule has 4 heteroatoms. The molecule has 0 radical (unpaired) electrons. The molecule has 1 atom stereocenters. The van der Waals surface area contributed by atoms with E-state index in [0.29, 0.717) is 32.0 Å². The van der Waals surface area contributed by atoms with E-state index in [4.69, 9.17) is 10.5 Å². The van der Waals surface area contributed by atoms with E-state index in [1.54, 1.807) is 0 Å². The number of aryl methyl sites for hydroxylation is 1. The first kappa shape index (κ1) is 13.9. The molecule has 4 nitrogen and oxygen atoms in total. The minimum Gasteiger partial charge on any atom is -0.492 e. The second-order valence-corrected chi connectivity index (χ2v) is 5.00. The van der Waals surface area contributed by atoms with Gasteiger partial charge in [-0.15, -0.1) is 0 Å². The highest BCUT2D eigenvalue weighted by atomic mass is 16.5. The normalized spacial score (nSPS) is 18.9. The van der Waals surface area contributed by atoms with Crippen LogP contribution in [0.25, 0.3) is 0 Å². The number of likely N-dealkylation sites (tertiary alicyclic amines) is 1. The molecule has 19 heavy (non-hydrogen) atoms. The average Bonchev–Trinajstić information content (AvgIpc) is 2.80. The number of ether oxygens (including phenoxy) is 1. The maximum absolute atomic E-state index is 11.7. The second-order valence-electron chi connectivity index (χ2n) is 5.00. The lowest BCUT2D eigenvalue weighted by Crippen LogP contribution is -2.30. The van der Waals surface area contributed by atoms with E-state index in [1.807, 2.05) is 17.0 Å². The van der Waals surface area contributed by atoms with Crippen LogP contribution < -0.4 is 10.5 Å². The summed E-state index contributed by atoms with van der Waals surface area (Å²) in [4.78, 5) is 13.5. The van der Waals surface area contributed by atoms with Crippen LogP contribution in [-0.2, 0) is 11.2 Å². The third kappa shape index (κ3) is 3.70. The Bertz CT molecular complexity index is 434. The van der Waals surface area contributed by atoms with E-state index in [2.05, 4.69) is 19.1 Å². The molecule has 0 saturated carbocycles. The molecule has 1 saturated heterocycles. The van der Waals surface area contributed by atoms with Crippen molar-refractivity contribution in [1.82, 2.24) is 4.90 Å².